The summed E-state index contributed by atoms with van der Waals surface area (Å²) in [5, 5.41) is 10.5. The molecule has 1 aliphatic rings. The lowest BCUT2D eigenvalue weighted by Gasteiger charge is -2.28. The summed E-state index contributed by atoms with van der Waals surface area (Å²) in [6, 6.07) is 0. The first-order valence-corrected chi connectivity index (χ1v) is 6.68. The lowest BCUT2D eigenvalue weighted by Crippen LogP contribution is -2.29. The summed E-state index contributed by atoms with van der Waals surface area (Å²) in [5.41, 5.74) is 0.254. The summed E-state index contributed by atoms with van der Waals surface area (Å²) in [6.45, 7) is 5.88. The Morgan fingerprint density at radius 1 is 1.06 bits per heavy atom. The predicted octanol–water partition coefficient (Wildman–Crippen LogP) is 4.37. The summed E-state index contributed by atoms with van der Waals surface area (Å²) >= 11 is 0. The summed E-state index contributed by atoms with van der Waals surface area (Å²) in [4.78, 5) is 0. The van der Waals surface area contributed by atoms with Gasteiger partial charge in [0.2, 0.25) is 0 Å². The second kappa shape index (κ2) is 6.90. The molecule has 1 atom stereocenters. The van der Waals surface area contributed by atoms with E-state index >= 15 is 0 Å². The highest BCUT2D eigenvalue weighted by Crippen LogP contribution is 2.27. The maximum Gasteiger partial charge on any atom is 0.0885 e. The summed E-state index contributed by atoms with van der Waals surface area (Å²) in [6.07, 6.45) is 14.8. The molecule has 0 aromatic heterocycles. The molecule has 1 N–H and O–H groups in total. The van der Waals surface area contributed by atoms with Crippen molar-refractivity contribution < 1.29 is 5.11 Å². The van der Waals surface area contributed by atoms with Gasteiger partial charge in [0, 0.05) is 0 Å². The average Bonchev–Trinajstić information content (AvgIpc) is 2.23. The van der Waals surface area contributed by atoms with Crippen molar-refractivity contribution >= 4 is 0 Å². The number of aliphatic hydroxyl groups is 1. The average molecular weight is 222 g/mol. The smallest absolute Gasteiger partial charge is 0.0885 e. The Labute approximate surface area is 100 Å². The Morgan fingerprint density at radius 2 is 1.69 bits per heavy atom. The molecular weight excluding hydrogens is 196 g/mol. The van der Waals surface area contributed by atoms with Gasteiger partial charge in [-0.05, 0) is 38.2 Å². The molecule has 1 heteroatoms. The van der Waals surface area contributed by atoms with Crippen LogP contribution in [0.15, 0.2) is 24.3 Å². The molecule has 92 valence electrons. The van der Waals surface area contributed by atoms with Crippen molar-refractivity contribution in [3.63, 3.8) is 0 Å². The van der Waals surface area contributed by atoms with Crippen LogP contribution in [0.1, 0.15) is 64.7 Å². The van der Waals surface area contributed by atoms with Gasteiger partial charge in [-0.15, -0.1) is 0 Å². The normalized spacial score (nSPS) is 29.1. The van der Waals surface area contributed by atoms with Crippen LogP contribution in [0.5, 0.6) is 0 Å². The summed E-state index contributed by atoms with van der Waals surface area (Å²) < 4.78 is 0. The van der Waals surface area contributed by atoms with Gasteiger partial charge in [-0.1, -0.05) is 50.8 Å². The molecule has 0 heterocycles. The maximum absolute atomic E-state index is 10.5. The molecule has 0 saturated heterocycles. The standard InChI is InChI=1S/C15H26O/c1-14(2)15(16)12-10-8-6-4-3-5-7-9-11-13-15/h8,10,16H,1,3-7,9,11-13H2,2H3. The quantitative estimate of drug-likeness (QED) is 0.653. The summed E-state index contributed by atoms with van der Waals surface area (Å²) in [5.74, 6) is 0. The van der Waals surface area contributed by atoms with Gasteiger partial charge >= 0.3 is 0 Å². The molecule has 0 aromatic rings. The maximum atomic E-state index is 10.5. The molecule has 0 aromatic carbocycles. The zero-order valence-electron chi connectivity index (χ0n) is 10.7. The van der Waals surface area contributed by atoms with Crippen molar-refractivity contribution in [2.24, 2.45) is 0 Å². The predicted molar refractivity (Wildman–Crippen MR) is 70.5 cm³/mol. The third-order valence-corrected chi connectivity index (χ3v) is 3.63. The number of hydrogen-bond donors (Lipinski definition) is 1. The van der Waals surface area contributed by atoms with Crippen LogP contribution < -0.4 is 0 Å². The van der Waals surface area contributed by atoms with Crippen molar-refractivity contribution in [2.45, 2.75) is 70.3 Å². The van der Waals surface area contributed by atoms with E-state index in [2.05, 4.69) is 18.7 Å². The Hall–Kier alpha value is -0.560. The Bertz CT molecular complexity index is 242. The van der Waals surface area contributed by atoms with E-state index < -0.39 is 5.60 Å². The molecule has 16 heavy (non-hydrogen) atoms. The zero-order chi connectivity index (χ0) is 11.9. The van der Waals surface area contributed by atoms with Crippen LogP contribution >= 0.6 is 0 Å². The topological polar surface area (TPSA) is 20.2 Å². The van der Waals surface area contributed by atoms with Crippen LogP contribution in [0.4, 0.5) is 0 Å². The van der Waals surface area contributed by atoms with E-state index in [0.717, 1.165) is 31.3 Å². The Kier molecular flexibility index (Phi) is 5.83. The van der Waals surface area contributed by atoms with Crippen molar-refractivity contribution in [1.29, 1.82) is 0 Å². The SMILES string of the molecule is C=C(C)C1(O)CC=CCCCCCCCC1. The van der Waals surface area contributed by atoms with Crippen molar-refractivity contribution in [3.8, 4) is 0 Å². The van der Waals surface area contributed by atoms with Gasteiger partial charge in [0.25, 0.3) is 0 Å². The van der Waals surface area contributed by atoms with Crippen molar-refractivity contribution in [3.05, 3.63) is 24.3 Å². The zero-order valence-corrected chi connectivity index (χ0v) is 10.7. The van der Waals surface area contributed by atoms with E-state index in [4.69, 9.17) is 0 Å². The van der Waals surface area contributed by atoms with E-state index in [1.807, 2.05) is 6.92 Å². The Balaban J connectivity index is 2.56. The van der Waals surface area contributed by atoms with E-state index in [-0.39, 0.29) is 0 Å². The minimum absolute atomic E-state index is 0.657. The fourth-order valence-electron chi connectivity index (χ4n) is 2.27. The second-order valence-electron chi connectivity index (χ2n) is 5.15. The van der Waals surface area contributed by atoms with Crippen molar-refractivity contribution in [1.82, 2.24) is 0 Å². The first kappa shape index (κ1) is 13.5. The first-order valence-electron chi connectivity index (χ1n) is 6.68. The molecular formula is C15H26O. The fourth-order valence-corrected chi connectivity index (χ4v) is 2.27. The van der Waals surface area contributed by atoms with Crippen molar-refractivity contribution in [2.75, 3.05) is 0 Å². The molecule has 0 bridgehead atoms. The highest BCUT2D eigenvalue weighted by molar-refractivity contribution is 5.12. The molecule has 0 amide bonds. The minimum atomic E-state index is -0.657. The van der Waals surface area contributed by atoms with Gasteiger partial charge in [-0.3, -0.25) is 0 Å². The molecule has 0 radical (unpaired) electrons. The van der Waals surface area contributed by atoms with Crippen LogP contribution in [0.3, 0.4) is 0 Å². The second-order valence-corrected chi connectivity index (χ2v) is 5.15. The largest absolute Gasteiger partial charge is 0.385 e. The molecule has 0 saturated carbocycles. The van der Waals surface area contributed by atoms with Gasteiger partial charge in [0.05, 0.1) is 5.60 Å². The molecule has 1 rings (SSSR count). The van der Waals surface area contributed by atoms with Gasteiger partial charge in [-0.2, -0.15) is 0 Å². The monoisotopic (exact) mass is 222 g/mol. The molecule has 1 aliphatic carbocycles. The van der Waals surface area contributed by atoms with Crippen LogP contribution in [0.25, 0.3) is 0 Å². The number of hydrogen-bond acceptors (Lipinski definition) is 1. The fraction of sp³-hybridized carbons (Fsp3) is 0.733. The van der Waals surface area contributed by atoms with E-state index in [1.165, 1.54) is 32.1 Å². The molecule has 0 spiro atoms. The Morgan fingerprint density at radius 3 is 2.38 bits per heavy atom. The third-order valence-electron chi connectivity index (χ3n) is 3.63. The van der Waals surface area contributed by atoms with Crippen LogP contribution in [0.2, 0.25) is 0 Å². The van der Waals surface area contributed by atoms with E-state index in [0.29, 0.717) is 0 Å². The van der Waals surface area contributed by atoms with Crippen LogP contribution in [-0.4, -0.2) is 10.7 Å². The van der Waals surface area contributed by atoms with Gasteiger partial charge in [0.15, 0.2) is 0 Å². The van der Waals surface area contributed by atoms with Gasteiger partial charge < -0.3 is 5.11 Å². The molecule has 0 aliphatic heterocycles. The molecule has 0 fully saturated rings. The highest BCUT2D eigenvalue weighted by Gasteiger charge is 2.25. The molecule has 1 unspecified atom stereocenters. The lowest BCUT2D eigenvalue weighted by molar-refractivity contribution is 0.0693. The van der Waals surface area contributed by atoms with Crippen LogP contribution in [0, 0.1) is 0 Å². The van der Waals surface area contributed by atoms with Crippen LogP contribution in [-0.2, 0) is 0 Å². The first-order chi connectivity index (χ1) is 7.65. The number of allylic oxidation sites excluding steroid dienone is 1. The third kappa shape index (κ3) is 4.52. The van der Waals surface area contributed by atoms with E-state index in [9.17, 15) is 5.11 Å². The van der Waals surface area contributed by atoms with E-state index in [1.54, 1.807) is 0 Å². The highest BCUT2D eigenvalue weighted by atomic mass is 16.3. The molecule has 1 nitrogen and oxygen atoms in total. The van der Waals surface area contributed by atoms with Gasteiger partial charge in [0.1, 0.15) is 0 Å². The van der Waals surface area contributed by atoms with Gasteiger partial charge in [-0.25, -0.2) is 0 Å². The lowest BCUT2D eigenvalue weighted by atomic mass is 9.86. The summed E-state index contributed by atoms with van der Waals surface area (Å²) in [7, 11) is 0. The minimum Gasteiger partial charge on any atom is -0.385 e. The number of rotatable bonds is 1.